The average molecular weight is 430 g/mol. The maximum Gasteiger partial charge on any atom is 0.228 e. The van der Waals surface area contributed by atoms with Crippen molar-refractivity contribution in [1.82, 2.24) is 19.8 Å². The van der Waals surface area contributed by atoms with Gasteiger partial charge in [0.05, 0.1) is 22.8 Å². The Morgan fingerprint density at radius 1 is 1.12 bits per heavy atom. The first-order chi connectivity index (χ1) is 15.6. The minimum atomic E-state index is -0.287. The van der Waals surface area contributed by atoms with E-state index in [-0.39, 0.29) is 30.1 Å². The van der Waals surface area contributed by atoms with Gasteiger partial charge in [-0.3, -0.25) is 19.6 Å². The minimum Gasteiger partial charge on any atom is -0.397 e. The van der Waals surface area contributed by atoms with Crippen molar-refractivity contribution >= 4 is 28.4 Å². The second-order valence-electron chi connectivity index (χ2n) is 8.81. The van der Waals surface area contributed by atoms with E-state index in [1.54, 1.807) is 17.3 Å². The summed E-state index contributed by atoms with van der Waals surface area (Å²) in [4.78, 5) is 38.4. The van der Waals surface area contributed by atoms with Crippen molar-refractivity contribution in [1.29, 1.82) is 0 Å². The molecular weight excluding hydrogens is 402 g/mol. The largest absolute Gasteiger partial charge is 0.397 e. The molecular formula is C25H27N5O2. The maximum atomic E-state index is 13.3. The normalized spacial score (nSPS) is 21.3. The lowest BCUT2D eigenvalue weighted by Crippen LogP contribution is -2.43. The molecule has 7 nitrogen and oxygen atoms in total. The first-order valence-electron chi connectivity index (χ1n) is 11.2. The number of benzene rings is 1. The molecule has 2 amide bonds. The van der Waals surface area contributed by atoms with Crippen LogP contribution in [0.3, 0.4) is 0 Å². The van der Waals surface area contributed by atoms with E-state index < -0.39 is 0 Å². The van der Waals surface area contributed by atoms with E-state index in [2.05, 4.69) is 4.98 Å². The molecule has 0 radical (unpaired) electrons. The highest BCUT2D eigenvalue weighted by atomic mass is 16.2. The Morgan fingerprint density at radius 2 is 1.94 bits per heavy atom. The molecule has 1 aromatic carbocycles. The van der Waals surface area contributed by atoms with E-state index in [0.717, 1.165) is 41.5 Å². The predicted octanol–water partition coefficient (Wildman–Crippen LogP) is 2.97. The molecule has 0 saturated carbocycles. The Morgan fingerprint density at radius 3 is 2.78 bits per heavy atom. The molecule has 2 aliphatic rings. The lowest BCUT2D eigenvalue weighted by molar-refractivity contribution is -0.137. The van der Waals surface area contributed by atoms with Crippen molar-refractivity contribution in [2.24, 2.45) is 5.92 Å². The summed E-state index contributed by atoms with van der Waals surface area (Å²) in [6.45, 7) is 2.31. The molecule has 0 unspecified atom stereocenters. The number of aromatic nitrogens is 2. The number of piperidine rings is 1. The molecule has 5 rings (SSSR count). The summed E-state index contributed by atoms with van der Waals surface area (Å²) in [6, 6.07) is 13.7. The van der Waals surface area contributed by atoms with Crippen LogP contribution in [0.15, 0.2) is 54.9 Å². The quantitative estimate of drug-likeness (QED) is 0.688. The van der Waals surface area contributed by atoms with E-state index in [1.807, 2.05) is 47.4 Å². The van der Waals surface area contributed by atoms with Gasteiger partial charge < -0.3 is 15.5 Å². The summed E-state index contributed by atoms with van der Waals surface area (Å²) in [5.74, 6) is -0.0684. The molecule has 164 valence electrons. The number of nitrogen functional groups attached to an aromatic ring is 1. The first kappa shape index (κ1) is 20.4. The fourth-order valence-electron chi connectivity index (χ4n) is 4.93. The first-order valence-corrected chi connectivity index (χ1v) is 11.2. The van der Waals surface area contributed by atoms with Gasteiger partial charge in [-0.25, -0.2) is 0 Å². The van der Waals surface area contributed by atoms with Gasteiger partial charge in [0.1, 0.15) is 0 Å². The van der Waals surface area contributed by atoms with Gasteiger partial charge in [-0.05, 0) is 42.7 Å². The monoisotopic (exact) mass is 429 g/mol. The second-order valence-corrected chi connectivity index (χ2v) is 8.81. The maximum absolute atomic E-state index is 13.3. The number of hydrogen-bond acceptors (Lipinski definition) is 5. The van der Waals surface area contributed by atoms with Crippen LogP contribution in [-0.2, 0) is 16.1 Å². The van der Waals surface area contributed by atoms with Crippen LogP contribution in [0.4, 0.5) is 5.69 Å². The highest BCUT2D eigenvalue weighted by Gasteiger charge is 2.38. The van der Waals surface area contributed by atoms with Crippen LogP contribution in [0, 0.1) is 5.92 Å². The number of anilines is 1. The van der Waals surface area contributed by atoms with Crippen LogP contribution >= 0.6 is 0 Å². The number of likely N-dealkylation sites (tertiary alicyclic amines) is 2. The number of hydrogen-bond donors (Lipinski definition) is 1. The topological polar surface area (TPSA) is 92.4 Å². The second kappa shape index (κ2) is 8.57. The Balaban J connectivity index is 1.28. The summed E-state index contributed by atoms with van der Waals surface area (Å²) in [5.41, 5.74) is 9.86. The summed E-state index contributed by atoms with van der Waals surface area (Å²) >= 11 is 0. The fourth-order valence-corrected chi connectivity index (χ4v) is 4.93. The van der Waals surface area contributed by atoms with Gasteiger partial charge in [-0.2, -0.15) is 0 Å². The highest BCUT2D eigenvalue weighted by molar-refractivity contribution is 5.89. The number of carbonyl (C=O) groups excluding carboxylic acids is 2. The van der Waals surface area contributed by atoms with Crippen molar-refractivity contribution in [3.8, 4) is 0 Å². The van der Waals surface area contributed by atoms with E-state index in [0.29, 0.717) is 25.3 Å². The molecule has 4 heterocycles. The van der Waals surface area contributed by atoms with Gasteiger partial charge in [-0.15, -0.1) is 0 Å². The Labute approximate surface area is 187 Å². The van der Waals surface area contributed by atoms with Crippen molar-refractivity contribution in [2.45, 2.75) is 31.7 Å². The number of rotatable bonds is 4. The highest BCUT2D eigenvalue weighted by Crippen LogP contribution is 2.33. The molecule has 2 N–H and O–H groups in total. The molecule has 2 aliphatic heterocycles. The summed E-state index contributed by atoms with van der Waals surface area (Å²) in [7, 11) is 0. The number of para-hydroxylation sites is 1. The molecule has 2 atom stereocenters. The molecule has 0 spiro atoms. The SMILES string of the molecule is Nc1cc2ccccc2nc1[C@H]1CCCN(C(=O)[C@@H]2CC(=O)N(Cc3ccncc3)C2)C1. The van der Waals surface area contributed by atoms with Crippen molar-refractivity contribution < 1.29 is 9.59 Å². The van der Waals surface area contributed by atoms with Crippen molar-refractivity contribution in [3.63, 3.8) is 0 Å². The van der Waals surface area contributed by atoms with Crippen molar-refractivity contribution in [2.75, 3.05) is 25.4 Å². The lowest BCUT2D eigenvalue weighted by Gasteiger charge is -2.34. The summed E-state index contributed by atoms with van der Waals surface area (Å²) in [5, 5.41) is 1.02. The van der Waals surface area contributed by atoms with Gasteiger partial charge in [-0.1, -0.05) is 18.2 Å². The smallest absolute Gasteiger partial charge is 0.228 e. The fraction of sp³-hybridized carbons (Fsp3) is 0.360. The molecule has 0 aliphatic carbocycles. The van der Waals surface area contributed by atoms with E-state index in [1.165, 1.54) is 0 Å². The van der Waals surface area contributed by atoms with E-state index in [4.69, 9.17) is 10.7 Å². The zero-order chi connectivity index (χ0) is 22.1. The zero-order valence-electron chi connectivity index (χ0n) is 18.0. The Hall–Kier alpha value is -3.48. The van der Waals surface area contributed by atoms with Gasteiger partial charge >= 0.3 is 0 Å². The van der Waals surface area contributed by atoms with Crippen LogP contribution < -0.4 is 5.73 Å². The predicted molar refractivity (Wildman–Crippen MR) is 122 cm³/mol. The van der Waals surface area contributed by atoms with Crippen LogP contribution in [0.1, 0.15) is 36.4 Å². The number of carbonyl (C=O) groups is 2. The van der Waals surface area contributed by atoms with E-state index >= 15 is 0 Å². The van der Waals surface area contributed by atoms with Crippen LogP contribution in [0.2, 0.25) is 0 Å². The van der Waals surface area contributed by atoms with Crippen LogP contribution in [0.5, 0.6) is 0 Å². The Bertz CT molecular complexity index is 1150. The molecule has 32 heavy (non-hydrogen) atoms. The van der Waals surface area contributed by atoms with Crippen molar-refractivity contribution in [3.05, 3.63) is 66.1 Å². The number of fused-ring (bicyclic) bond motifs is 1. The molecule has 2 saturated heterocycles. The Kier molecular flexibility index (Phi) is 5.47. The van der Waals surface area contributed by atoms with E-state index in [9.17, 15) is 9.59 Å². The standard InChI is InChI=1S/C25H27N5O2/c26-21-12-18-4-1-2-6-22(18)28-24(21)19-5-3-11-29(15-19)25(32)20-13-23(31)30(16-20)14-17-7-9-27-10-8-17/h1-2,4,6-10,12,19-20H,3,5,11,13-16,26H2/t19-,20+/m0/s1. The number of amides is 2. The number of pyridine rings is 2. The third kappa shape index (κ3) is 4.02. The summed E-state index contributed by atoms with van der Waals surface area (Å²) < 4.78 is 0. The third-order valence-electron chi connectivity index (χ3n) is 6.59. The lowest BCUT2D eigenvalue weighted by atomic mass is 9.91. The summed E-state index contributed by atoms with van der Waals surface area (Å²) in [6.07, 6.45) is 5.59. The third-order valence-corrected chi connectivity index (χ3v) is 6.59. The molecule has 2 fully saturated rings. The number of nitrogens with zero attached hydrogens (tertiary/aromatic N) is 4. The van der Waals surface area contributed by atoms with Gasteiger partial charge in [0.25, 0.3) is 0 Å². The molecule has 0 bridgehead atoms. The molecule has 3 aromatic rings. The minimum absolute atomic E-state index is 0.0363. The van der Waals surface area contributed by atoms with Crippen LogP contribution in [-0.4, -0.2) is 51.2 Å². The zero-order valence-corrected chi connectivity index (χ0v) is 18.0. The molecule has 7 heteroatoms. The van der Waals surface area contributed by atoms with Crippen LogP contribution in [0.25, 0.3) is 10.9 Å². The van der Waals surface area contributed by atoms with Gasteiger partial charge in [0.15, 0.2) is 0 Å². The number of nitrogens with two attached hydrogens (primary N) is 1. The molecule has 2 aromatic heterocycles. The average Bonchev–Trinajstić information content (AvgIpc) is 3.19. The van der Waals surface area contributed by atoms with Gasteiger partial charge in [0, 0.05) is 56.3 Å². The van der Waals surface area contributed by atoms with Gasteiger partial charge in [0.2, 0.25) is 11.8 Å².